The summed E-state index contributed by atoms with van der Waals surface area (Å²) in [6.07, 6.45) is 1.40. The quantitative estimate of drug-likeness (QED) is 0.934. The standard InChI is InChI=1S/C14H19N5O2S/c1-10(12-4-3-7-22-12)16-14(20)19-5-6-21-11(8-19)13-17-15-9-18(13)2/h3-4,7,9-11H,5-6,8H2,1-2H3,(H,16,20)/t10-,11+/m0/s1. The summed E-state index contributed by atoms with van der Waals surface area (Å²) >= 11 is 1.64. The molecule has 0 unspecified atom stereocenters. The van der Waals surface area contributed by atoms with E-state index in [4.69, 9.17) is 4.74 Å². The monoisotopic (exact) mass is 321 g/mol. The summed E-state index contributed by atoms with van der Waals surface area (Å²) in [6, 6.07) is 3.94. The van der Waals surface area contributed by atoms with Crippen LogP contribution in [0.2, 0.25) is 0 Å². The van der Waals surface area contributed by atoms with Crippen LogP contribution < -0.4 is 5.32 Å². The van der Waals surface area contributed by atoms with Gasteiger partial charge in [0.1, 0.15) is 12.4 Å². The summed E-state index contributed by atoms with van der Waals surface area (Å²) < 4.78 is 7.54. The first-order valence-electron chi connectivity index (χ1n) is 7.19. The third kappa shape index (κ3) is 3.12. The summed E-state index contributed by atoms with van der Waals surface area (Å²) in [5, 5.41) is 13.0. The van der Waals surface area contributed by atoms with Crippen molar-refractivity contribution in [3.05, 3.63) is 34.5 Å². The van der Waals surface area contributed by atoms with Crippen LogP contribution in [-0.4, -0.2) is 45.4 Å². The Morgan fingerprint density at radius 1 is 1.59 bits per heavy atom. The molecule has 2 atom stereocenters. The minimum absolute atomic E-state index is 0.00335. The van der Waals surface area contributed by atoms with E-state index in [9.17, 15) is 4.79 Å². The summed E-state index contributed by atoms with van der Waals surface area (Å²) in [5.41, 5.74) is 0. The van der Waals surface area contributed by atoms with Gasteiger partial charge in [0.05, 0.1) is 19.2 Å². The van der Waals surface area contributed by atoms with E-state index >= 15 is 0 Å². The smallest absolute Gasteiger partial charge is 0.318 e. The molecule has 0 aromatic carbocycles. The van der Waals surface area contributed by atoms with Gasteiger partial charge in [0.15, 0.2) is 5.82 Å². The molecule has 2 aromatic heterocycles. The zero-order chi connectivity index (χ0) is 15.5. The van der Waals surface area contributed by atoms with Crippen molar-refractivity contribution in [3.8, 4) is 0 Å². The number of thiophene rings is 1. The molecular weight excluding hydrogens is 302 g/mol. The van der Waals surface area contributed by atoms with Crippen molar-refractivity contribution in [1.29, 1.82) is 0 Å². The highest BCUT2D eigenvalue weighted by molar-refractivity contribution is 7.10. The van der Waals surface area contributed by atoms with E-state index < -0.39 is 0 Å². The molecule has 2 aromatic rings. The lowest BCUT2D eigenvalue weighted by atomic mass is 10.2. The minimum atomic E-state index is -0.232. The molecule has 2 amide bonds. The number of aryl methyl sites for hydroxylation is 1. The molecule has 0 spiro atoms. The van der Waals surface area contributed by atoms with E-state index in [2.05, 4.69) is 15.5 Å². The normalized spacial score (nSPS) is 19.9. The Morgan fingerprint density at radius 3 is 3.14 bits per heavy atom. The number of morpholine rings is 1. The van der Waals surface area contributed by atoms with Gasteiger partial charge in [-0.15, -0.1) is 21.5 Å². The number of amides is 2. The van der Waals surface area contributed by atoms with E-state index in [0.717, 1.165) is 10.7 Å². The van der Waals surface area contributed by atoms with Gasteiger partial charge < -0.3 is 19.5 Å². The van der Waals surface area contributed by atoms with E-state index in [-0.39, 0.29) is 18.2 Å². The Hall–Kier alpha value is -1.93. The average molecular weight is 321 g/mol. The van der Waals surface area contributed by atoms with Crippen LogP contribution in [0, 0.1) is 0 Å². The zero-order valence-electron chi connectivity index (χ0n) is 12.6. The van der Waals surface area contributed by atoms with Crippen LogP contribution >= 0.6 is 11.3 Å². The first-order valence-corrected chi connectivity index (χ1v) is 8.07. The molecule has 22 heavy (non-hydrogen) atoms. The Morgan fingerprint density at radius 2 is 2.45 bits per heavy atom. The fourth-order valence-corrected chi connectivity index (χ4v) is 3.19. The number of nitrogens with zero attached hydrogens (tertiary/aromatic N) is 4. The molecule has 8 heteroatoms. The van der Waals surface area contributed by atoms with Gasteiger partial charge in [-0.25, -0.2) is 4.79 Å². The number of carbonyl (C=O) groups is 1. The third-order valence-corrected chi connectivity index (χ3v) is 4.75. The number of rotatable bonds is 3. The molecule has 0 aliphatic carbocycles. The molecule has 118 valence electrons. The second-order valence-electron chi connectivity index (χ2n) is 5.29. The van der Waals surface area contributed by atoms with E-state index in [0.29, 0.717) is 19.7 Å². The van der Waals surface area contributed by atoms with Crippen LogP contribution in [0.1, 0.15) is 29.8 Å². The maximum atomic E-state index is 12.4. The first kappa shape index (κ1) is 15.0. The molecule has 1 fully saturated rings. The van der Waals surface area contributed by atoms with Gasteiger partial charge in [0.25, 0.3) is 0 Å². The molecule has 0 saturated carbocycles. The molecule has 0 bridgehead atoms. The highest BCUT2D eigenvalue weighted by Gasteiger charge is 2.28. The van der Waals surface area contributed by atoms with Crippen molar-refractivity contribution in [3.63, 3.8) is 0 Å². The number of hydrogen-bond donors (Lipinski definition) is 1. The van der Waals surface area contributed by atoms with Gasteiger partial charge >= 0.3 is 6.03 Å². The number of hydrogen-bond acceptors (Lipinski definition) is 5. The number of nitrogens with one attached hydrogen (secondary N) is 1. The number of ether oxygens (including phenoxy) is 1. The van der Waals surface area contributed by atoms with Crippen molar-refractivity contribution in [2.45, 2.75) is 19.1 Å². The average Bonchev–Trinajstić information content (AvgIpc) is 3.18. The SMILES string of the molecule is C[C@H](NC(=O)N1CCO[C@@H](c2nncn2C)C1)c1cccs1. The summed E-state index contributed by atoms with van der Waals surface area (Å²) in [4.78, 5) is 15.3. The van der Waals surface area contributed by atoms with Gasteiger partial charge in [-0.2, -0.15) is 0 Å². The van der Waals surface area contributed by atoms with Gasteiger partial charge in [-0.3, -0.25) is 0 Å². The lowest BCUT2D eigenvalue weighted by Crippen LogP contribution is -2.48. The summed E-state index contributed by atoms with van der Waals surface area (Å²) in [5.74, 6) is 0.740. The van der Waals surface area contributed by atoms with Crippen LogP contribution in [0.4, 0.5) is 4.79 Å². The number of carbonyl (C=O) groups excluding carboxylic acids is 1. The lowest BCUT2D eigenvalue weighted by molar-refractivity contribution is -0.0217. The largest absolute Gasteiger partial charge is 0.366 e. The van der Waals surface area contributed by atoms with Crippen LogP contribution in [0.25, 0.3) is 0 Å². The Balaban J connectivity index is 1.62. The lowest BCUT2D eigenvalue weighted by Gasteiger charge is -2.33. The molecule has 1 N–H and O–H groups in total. The predicted octanol–water partition coefficient (Wildman–Crippen LogP) is 1.72. The van der Waals surface area contributed by atoms with Gasteiger partial charge in [0, 0.05) is 18.5 Å². The molecular formula is C14H19N5O2S. The Bertz CT molecular complexity index is 627. The highest BCUT2D eigenvalue weighted by atomic mass is 32.1. The van der Waals surface area contributed by atoms with Gasteiger partial charge in [-0.1, -0.05) is 6.07 Å². The van der Waals surface area contributed by atoms with Crippen molar-refractivity contribution >= 4 is 17.4 Å². The molecule has 1 aliphatic rings. The van der Waals surface area contributed by atoms with Crippen molar-refractivity contribution in [2.75, 3.05) is 19.7 Å². The van der Waals surface area contributed by atoms with Crippen LogP contribution in [0.3, 0.4) is 0 Å². The van der Waals surface area contributed by atoms with E-state index in [1.54, 1.807) is 22.6 Å². The maximum absolute atomic E-state index is 12.4. The Kier molecular flexibility index (Phi) is 4.39. The fraction of sp³-hybridized carbons (Fsp3) is 0.500. The third-order valence-electron chi connectivity index (χ3n) is 3.70. The maximum Gasteiger partial charge on any atom is 0.318 e. The van der Waals surface area contributed by atoms with E-state index in [1.807, 2.05) is 36.1 Å². The van der Waals surface area contributed by atoms with Crippen molar-refractivity contribution in [1.82, 2.24) is 25.0 Å². The second-order valence-corrected chi connectivity index (χ2v) is 6.27. The summed E-state index contributed by atoms with van der Waals surface area (Å²) in [6.45, 7) is 3.55. The fourth-order valence-electron chi connectivity index (χ4n) is 2.46. The van der Waals surface area contributed by atoms with Crippen molar-refractivity contribution in [2.24, 2.45) is 7.05 Å². The number of aromatic nitrogens is 3. The highest BCUT2D eigenvalue weighted by Crippen LogP contribution is 2.21. The topological polar surface area (TPSA) is 72.3 Å². The van der Waals surface area contributed by atoms with Gasteiger partial charge in [-0.05, 0) is 18.4 Å². The molecule has 1 aliphatic heterocycles. The predicted molar refractivity (Wildman–Crippen MR) is 82.5 cm³/mol. The minimum Gasteiger partial charge on any atom is -0.366 e. The molecule has 7 nitrogen and oxygen atoms in total. The van der Waals surface area contributed by atoms with Crippen LogP contribution in [-0.2, 0) is 11.8 Å². The number of urea groups is 1. The molecule has 3 rings (SSSR count). The van der Waals surface area contributed by atoms with Gasteiger partial charge in [0.2, 0.25) is 0 Å². The van der Waals surface area contributed by atoms with Crippen LogP contribution in [0.15, 0.2) is 23.8 Å². The summed E-state index contributed by atoms with van der Waals surface area (Å²) in [7, 11) is 1.87. The molecule has 1 saturated heterocycles. The second kappa shape index (κ2) is 6.45. The Labute approximate surface area is 132 Å². The zero-order valence-corrected chi connectivity index (χ0v) is 13.4. The molecule has 0 radical (unpaired) electrons. The first-order chi connectivity index (χ1) is 10.6. The van der Waals surface area contributed by atoms with E-state index in [1.165, 1.54) is 0 Å². The molecule has 3 heterocycles. The van der Waals surface area contributed by atoms with Crippen LogP contribution in [0.5, 0.6) is 0 Å². The van der Waals surface area contributed by atoms with Crippen molar-refractivity contribution < 1.29 is 9.53 Å².